The van der Waals surface area contributed by atoms with Gasteiger partial charge in [-0.1, -0.05) is 32.0 Å². The van der Waals surface area contributed by atoms with Gasteiger partial charge in [-0.25, -0.2) is 0 Å². The Bertz CT molecular complexity index is 534. The number of allylic oxidation sites excluding steroid dienone is 2. The number of carbonyl (C=O) groups is 2. The van der Waals surface area contributed by atoms with Crippen LogP contribution in [0.25, 0.3) is 0 Å². The summed E-state index contributed by atoms with van der Waals surface area (Å²) < 4.78 is 0. The summed E-state index contributed by atoms with van der Waals surface area (Å²) in [5, 5.41) is 11.4. The second-order valence-corrected chi connectivity index (χ2v) is 8.99. The van der Waals surface area contributed by atoms with E-state index in [9.17, 15) is 9.59 Å². The van der Waals surface area contributed by atoms with Gasteiger partial charge in [0.2, 0.25) is 0 Å². The second-order valence-electron chi connectivity index (χ2n) is 8.99. The summed E-state index contributed by atoms with van der Waals surface area (Å²) in [4.78, 5) is 20.6. The van der Waals surface area contributed by atoms with E-state index in [4.69, 9.17) is 10.9 Å². The normalized spacial score (nSPS) is 32.4. The number of Topliss-reactive ketones (excluding diaryl/α,β-unsaturated/α-hetero) is 1. The lowest BCUT2D eigenvalue weighted by Gasteiger charge is -1.97. The predicted octanol–water partition coefficient (Wildman–Crippen LogP) is 5.05. The number of hydrogen-bond acceptors (Lipinski definition) is 5. The van der Waals surface area contributed by atoms with Crippen LogP contribution in [0.5, 0.6) is 0 Å². The highest BCUT2D eigenvalue weighted by Crippen LogP contribution is 2.22. The Balaban J connectivity index is 0.000000188. The third-order valence-electron chi connectivity index (χ3n) is 5.74. The van der Waals surface area contributed by atoms with Crippen LogP contribution >= 0.6 is 0 Å². The van der Waals surface area contributed by atoms with Crippen molar-refractivity contribution in [2.24, 2.45) is 28.6 Å². The molecule has 4 unspecified atom stereocenters. The van der Waals surface area contributed by atoms with E-state index in [1.807, 2.05) is 6.08 Å². The van der Waals surface area contributed by atoms with Gasteiger partial charge in [0, 0.05) is 25.3 Å². The van der Waals surface area contributed by atoms with Crippen molar-refractivity contribution in [1.29, 1.82) is 0 Å². The zero-order chi connectivity index (χ0) is 20.9. The van der Waals surface area contributed by atoms with Gasteiger partial charge in [0.15, 0.2) is 5.78 Å². The zero-order valence-corrected chi connectivity index (χ0v) is 18.0. The van der Waals surface area contributed by atoms with Gasteiger partial charge >= 0.3 is 0 Å². The highest BCUT2D eigenvalue weighted by Gasteiger charge is 2.17. The quantitative estimate of drug-likeness (QED) is 0.445. The van der Waals surface area contributed by atoms with Crippen LogP contribution in [0.15, 0.2) is 17.3 Å². The number of nitrogens with zero attached hydrogens (tertiary/aromatic N) is 1. The molecule has 3 saturated carbocycles. The van der Waals surface area contributed by atoms with E-state index in [0.29, 0.717) is 17.7 Å². The van der Waals surface area contributed by atoms with Crippen LogP contribution in [0.1, 0.15) is 91.4 Å². The highest BCUT2D eigenvalue weighted by atomic mass is 16.4. The number of rotatable bonds is 0. The Morgan fingerprint density at radius 3 is 1.79 bits per heavy atom. The van der Waals surface area contributed by atoms with Crippen molar-refractivity contribution in [2.75, 3.05) is 0 Å². The van der Waals surface area contributed by atoms with Crippen LogP contribution in [0, 0.1) is 17.8 Å². The Kier molecular flexibility index (Phi) is 12.0. The maximum absolute atomic E-state index is 10.5. The summed E-state index contributed by atoms with van der Waals surface area (Å²) in [7, 11) is 0. The molecule has 0 heterocycles. The molecule has 0 aromatic heterocycles. The summed E-state index contributed by atoms with van der Waals surface area (Å²) in [6.07, 6.45) is 15.1. The Morgan fingerprint density at radius 1 is 0.929 bits per heavy atom. The number of ketones is 2. The topological polar surface area (TPSA) is 92.8 Å². The lowest BCUT2D eigenvalue weighted by Crippen LogP contribution is -2.14. The summed E-state index contributed by atoms with van der Waals surface area (Å²) in [5.41, 5.74) is 6.60. The van der Waals surface area contributed by atoms with Crippen molar-refractivity contribution < 1.29 is 14.8 Å². The standard InChI is InChI=1S/C6H11NO.C6H13N.C6H10O.C5H6O/c1-5-2-3-6(4-5)7-8;2*1-5-2-3-6(7)4-5;6-5-3-1-2-4-5/h5,8H,2-4H2,1H3;5-6H,2-4,7H2,1H3;5H,2-4H2,1H3;1,3H,2,4H2/b7-6-;;;. The van der Waals surface area contributed by atoms with Gasteiger partial charge < -0.3 is 10.9 Å². The van der Waals surface area contributed by atoms with E-state index in [0.717, 1.165) is 62.5 Å². The Hall–Kier alpha value is -1.49. The number of nitrogens with two attached hydrogens (primary N) is 1. The largest absolute Gasteiger partial charge is 0.411 e. The molecule has 0 amide bonds. The van der Waals surface area contributed by atoms with Gasteiger partial charge in [-0.2, -0.15) is 0 Å². The average Bonchev–Trinajstić information content (AvgIpc) is 3.43. The zero-order valence-electron chi connectivity index (χ0n) is 18.0. The Morgan fingerprint density at radius 2 is 1.61 bits per heavy atom. The first-order valence-corrected chi connectivity index (χ1v) is 11.0. The molecular formula is C23H40N2O3. The lowest BCUT2D eigenvalue weighted by atomic mass is 10.1. The fourth-order valence-corrected chi connectivity index (χ4v) is 3.89. The number of hydrogen-bond donors (Lipinski definition) is 2. The highest BCUT2D eigenvalue weighted by molar-refractivity contribution is 5.91. The third-order valence-corrected chi connectivity index (χ3v) is 5.74. The summed E-state index contributed by atoms with van der Waals surface area (Å²) >= 11 is 0. The van der Waals surface area contributed by atoms with Crippen molar-refractivity contribution in [2.45, 2.75) is 97.4 Å². The van der Waals surface area contributed by atoms with Crippen molar-refractivity contribution in [3.05, 3.63) is 12.2 Å². The first-order valence-electron chi connectivity index (χ1n) is 11.0. The average molecular weight is 393 g/mol. The summed E-state index contributed by atoms with van der Waals surface area (Å²) in [6.45, 7) is 6.58. The molecule has 5 heteroatoms. The molecule has 5 nitrogen and oxygen atoms in total. The van der Waals surface area contributed by atoms with Crippen LogP contribution in [0.2, 0.25) is 0 Å². The van der Waals surface area contributed by atoms with Crippen LogP contribution < -0.4 is 5.73 Å². The molecule has 0 aromatic carbocycles. The van der Waals surface area contributed by atoms with Gasteiger partial charge in [0.25, 0.3) is 0 Å². The van der Waals surface area contributed by atoms with E-state index in [1.54, 1.807) is 6.08 Å². The van der Waals surface area contributed by atoms with E-state index in [2.05, 4.69) is 25.9 Å². The first kappa shape index (κ1) is 24.5. The van der Waals surface area contributed by atoms with Gasteiger partial charge in [-0.15, -0.1) is 0 Å². The molecule has 0 aromatic rings. The minimum absolute atomic E-state index is 0.273. The van der Waals surface area contributed by atoms with Gasteiger partial charge in [-0.05, 0) is 75.2 Å². The molecular weight excluding hydrogens is 352 g/mol. The molecule has 4 rings (SSSR count). The first-order chi connectivity index (χ1) is 13.3. The van der Waals surface area contributed by atoms with Gasteiger partial charge in [0.1, 0.15) is 5.78 Å². The van der Waals surface area contributed by atoms with E-state index >= 15 is 0 Å². The monoisotopic (exact) mass is 392 g/mol. The summed E-state index contributed by atoms with van der Waals surface area (Å²) in [5.74, 6) is 3.03. The number of oxime groups is 1. The minimum atomic E-state index is 0.273. The van der Waals surface area contributed by atoms with Crippen molar-refractivity contribution in [1.82, 2.24) is 0 Å². The number of carbonyl (C=O) groups excluding carboxylic acids is 2. The smallest absolute Gasteiger partial charge is 0.155 e. The maximum atomic E-state index is 10.5. The van der Waals surface area contributed by atoms with E-state index in [1.165, 1.54) is 25.7 Å². The fraction of sp³-hybridized carbons (Fsp3) is 0.783. The molecule has 0 aliphatic heterocycles. The minimum Gasteiger partial charge on any atom is -0.411 e. The lowest BCUT2D eigenvalue weighted by molar-refractivity contribution is -0.117. The molecule has 4 aliphatic rings. The predicted molar refractivity (Wildman–Crippen MR) is 115 cm³/mol. The van der Waals surface area contributed by atoms with Crippen LogP contribution in [0.4, 0.5) is 0 Å². The van der Waals surface area contributed by atoms with Crippen molar-refractivity contribution in [3.8, 4) is 0 Å². The van der Waals surface area contributed by atoms with Crippen molar-refractivity contribution >= 4 is 17.3 Å². The second kappa shape index (κ2) is 13.6. The molecule has 160 valence electrons. The molecule has 4 aliphatic carbocycles. The van der Waals surface area contributed by atoms with Crippen LogP contribution in [0.3, 0.4) is 0 Å². The molecule has 3 N–H and O–H groups in total. The molecule has 0 saturated heterocycles. The van der Waals surface area contributed by atoms with Crippen molar-refractivity contribution in [3.63, 3.8) is 0 Å². The van der Waals surface area contributed by atoms with Gasteiger partial charge in [-0.3, -0.25) is 9.59 Å². The Labute approximate surface area is 170 Å². The molecule has 28 heavy (non-hydrogen) atoms. The summed E-state index contributed by atoms with van der Waals surface area (Å²) in [6, 6.07) is 0.523. The van der Waals surface area contributed by atoms with Crippen LogP contribution in [-0.4, -0.2) is 28.5 Å². The van der Waals surface area contributed by atoms with Gasteiger partial charge in [0.05, 0.1) is 5.71 Å². The van der Waals surface area contributed by atoms with E-state index in [-0.39, 0.29) is 5.78 Å². The molecule has 0 bridgehead atoms. The fourth-order valence-electron chi connectivity index (χ4n) is 3.89. The SMILES string of the molecule is CC1CC/C(=N/O)C1.CC1CCC(=O)C1.CC1CCC(N)C1.O=C1C=CCC1. The molecule has 0 radical (unpaired) electrons. The molecule has 3 fully saturated rings. The maximum Gasteiger partial charge on any atom is 0.155 e. The molecule has 0 spiro atoms. The third kappa shape index (κ3) is 11.4. The molecule has 4 atom stereocenters. The van der Waals surface area contributed by atoms with Crippen LogP contribution in [-0.2, 0) is 9.59 Å². The van der Waals surface area contributed by atoms with E-state index < -0.39 is 0 Å².